The second-order valence-electron chi connectivity index (χ2n) is 6.50. The second kappa shape index (κ2) is 3.83. The molecule has 1 unspecified atom stereocenters. The molecule has 6 rings (SSSR count). The SMILES string of the molecule is FB1N2C=CCC2c2c3c(c4cccc5cccc2c54)=CC=[N+]13. The highest BCUT2D eigenvalue weighted by atomic mass is 19.1. The molecule has 3 aromatic carbocycles. The lowest BCUT2D eigenvalue weighted by molar-refractivity contribution is -0.309. The molecule has 0 saturated heterocycles. The highest BCUT2D eigenvalue weighted by molar-refractivity contribution is 6.42. The third-order valence-electron chi connectivity index (χ3n) is 5.46. The minimum atomic E-state index is -1.12. The molecule has 23 heavy (non-hydrogen) atoms. The van der Waals surface area contributed by atoms with Crippen molar-refractivity contribution in [3.8, 4) is 0 Å². The summed E-state index contributed by atoms with van der Waals surface area (Å²) >= 11 is 0. The van der Waals surface area contributed by atoms with Gasteiger partial charge in [0.15, 0.2) is 5.69 Å². The van der Waals surface area contributed by atoms with Crippen LogP contribution in [-0.2, 0) is 0 Å². The molecule has 4 heteroatoms. The molecule has 0 aromatic heterocycles. The first-order valence-corrected chi connectivity index (χ1v) is 8.03. The average molecular weight is 299 g/mol. The topological polar surface area (TPSA) is 6.25 Å². The zero-order chi connectivity index (χ0) is 15.1. The van der Waals surface area contributed by atoms with Gasteiger partial charge in [0.1, 0.15) is 6.21 Å². The third kappa shape index (κ3) is 1.25. The number of rotatable bonds is 0. The molecule has 0 radical (unpaired) electrons. The Labute approximate surface area is 133 Å². The van der Waals surface area contributed by atoms with Gasteiger partial charge in [-0.15, -0.1) is 0 Å². The molecule has 0 bridgehead atoms. The molecular weight excluding hydrogens is 286 g/mol. The van der Waals surface area contributed by atoms with Crippen LogP contribution in [0.5, 0.6) is 0 Å². The van der Waals surface area contributed by atoms with Gasteiger partial charge in [-0.05, 0) is 34.2 Å². The zero-order valence-electron chi connectivity index (χ0n) is 12.4. The average Bonchev–Trinajstić information content (AvgIpc) is 3.22. The first-order valence-electron chi connectivity index (χ1n) is 8.03. The van der Waals surface area contributed by atoms with Gasteiger partial charge >= 0.3 is 7.26 Å². The molecule has 3 aliphatic heterocycles. The molecule has 2 nitrogen and oxygen atoms in total. The fourth-order valence-electron chi connectivity index (χ4n) is 4.55. The van der Waals surface area contributed by atoms with Crippen LogP contribution >= 0.6 is 0 Å². The van der Waals surface area contributed by atoms with E-state index in [2.05, 4.69) is 48.6 Å². The smallest absolute Gasteiger partial charge is 0.317 e. The van der Waals surface area contributed by atoms with Crippen LogP contribution in [0.1, 0.15) is 18.0 Å². The number of nitrogens with zero attached hydrogens (tertiary/aromatic N) is 2. The Kier molecular flexibility index (Phi) is 1.98. The van der Waals surface area contributed by atoms with Crippen LogP contribution in [0.3, 0.4) is 0 Å². The monoisotopic (exact) mass is 299 g/mol. The van der Waals surface area contributed by atoms with Crippen molar-refractivity contribution in [1.82, 2.24) is 4.81 Å². The predicted octanol–water partition coefficient (Wildman–Crippen LogP) is 3.45. The van der Waals surface area contributed by atoms with Gasteiger partial charge in [0.2, 0.25) is 0 Å². The lowest BCUT2D eigenvalue weighted by Gasteiger charge is -2.30. The number of fused-ring (bicyclic) bond motifs is 4. The van der Waals surface area contributed by atoms with Crippen molar-refractivity contribution in [3.63, 3.8) is 0 Å². The summed E-state index contributed by atoms with van der Waals surface area (Å²) in [6.45, 7) is 0. The summed E-state index contributed by atoms with van der Waals surface area (Å²) in [5, 5.41) is 6.21. The Morgan fingerprint density at radius 2 is 1.96 bits per heavy atom. The molecule has 0 spiro atoms. The zero-order valence-corrected chi connectivity index (χ0v) is 12.4. The van der Waals surface area contributed by atoms with E-state index in [0.717, 1.165) is 12.1 Å². The standard InChI is InChI=1S/C19H13BFN2/c21-20-22-10-3-8-16(22)18-15-7-2-5-12-4-1-6-13(17(12)15)14-9-11-23(20)19(14)18/h1-7,9-11,16H,8H2/q+1. The Balaban J connectivity index is 1.89. The van der Waals surface area contributed by atoms with Crippen molar-refractivity contribution >= 4 is 46.8 Å². The number of halogens is 1. The van der Waals surface area contributed by atoms with Gasteiger partial charge in [0, 0.05) is 6.08 Å². The molecule has 0 aliphatic carbocycles. The van der Waals surface area contributed by atoms with Gasteiger partial charge in [0.25, 0.3) is 0 Å². The Morgan fingerprint density at radius 3 is 2.83 bits per heavy atom. The normalized spacial score (nSPS) is 20.9. The van der Waals surface area contributed by atoms with Crippen LogP contribution in [0.2, 0.25) is 0 Å². The van der Waals surface area contributed by atoms with E-state index in [4.69, 9.17) is 0 Å². The van der Waals surface area contributed by atoms with Crippen LogP contribution in [0.15, 0.2) is 48.7 Å². The predicted molar refractivity (Wildman–Crippen MR) is 92.3 cm³/mol. The lowest BCUT2D eigenvalue weighted by Crippen LogP contribution is -2.45. The van der Waals surface area contributed by atoms with Gasteiger partial charge in [-0.2, -0.15) is 0 Å². The second-order valence-corrected chi connectivity index (χ2v) is 6.50. The summed E-state index contributed by atoms with van der Waals surface area (Å²) in [7, 11) is -1.12. The Hall–Kier alpha value is -2.62. The van der Waals surface area contributed by atoms with Crippen LogP contribution in [0, 0.1) is 0 Å². The number of hydrogen-bond acceptors (Lipinski definition) is 1. The summed E-state index contributed by atoms with van der Waals surface area (Å²) in [5.74, 6) is 0. The highest BCUT2D eigenvalue weighted by Crippen LogP contribution is 2.45. The van der Waals surface area contributed by atoms with E-state index < -0.39 is 7.26 Å². The summed E-state index contributed by atoms with van der Waals surface area (Å²) in [5.41, 5.74) is 2.34. The van der Waals surface area contributed by atoms with E-state index in [-0.39, 0.29) is 6.04 Å². The van der Waals surface area contributed by atoms with Crippen molar-refractivity contribution in [2.45, 2.75) is 12.5 Å². The maximum Gasteiger partial charge on any atom is 0.841 e. The minimum absolute atomic E-state index is 0.102. The Bertz CT molecular complexity index is 1130. The van der Waals surface area contributed by atoms with Gasteiger partial charge in [0.05, 0.1) is 16.8 Å². The molecule has 0 N–H and O–H groups in total. The van der Waals surface area contributed by atoms with Crippen molar-refractivity contribution in [2.24, 2.45) is 0 Å². The number of hydrogen-bond donors (Lipinski definition) is 0. The first-order chi connectivity index (χ1) is 11.3. The van der Waals surface area contributed by atoms with Gasteiger partial charge in [-0.3, -0.25) is 0 Å². The minimum Gasteiger partial charge on any atom is -0.317 e. The molecular formula is C19H13BFN2+. The van der Waals surface area contributed by atoms with E-state index in [1.807, 2.05) is 17.2 Å². The van der Waals surface area contributed by atoms with Crippen molar-refractivity contribution in [3.05, 3.63) is 59.5 Å². The molecule has 108 valence electrons. The molecule has 3 aliphatic rings. The van der Waals surface area contributed by atoms with Crippen LogP contribution in [0.25, 0.3) is 27.6 Å². The molecule has 0 fully saturated rings. The molecule has 3 aromatic rings. The van der Waals surface area contributed by atoms with E-state index in [1.54, 1.807) is 4.49 Å². The number of benzene rings is 3. The fourth-order valence-corrected chi connectivity index (χ4v) is 4.55. The largest absolute Gasteiger partial charge is 0.841 e. The molecule has 3 heterocycles. The third-order valence-corrected chi connectivity index (χ3v) is 5.46. The van der Waals surface area contributed by atoms with Crippen molar-refractivity contribution in [1.29, 1.82) is 0 Å². The van der Waals surface area contributed by atoms with Crippen molar-refractivity contribution < 1.29 is 8.80 Å². The molecule has 0 saturated carbocycles. The molecule has 1 atom stereocenters. The lowest BCUT2D eigenvalue weighted by atomic mass is 9.82. The maximum absolute atomic E-state index is 15.0. The maximum atomic E-state index is 15.0. The Morgan fingerprint density at radius 1 is 1.13 bits per heavy atom. The van der Waals surface area contributed by atoms with E-state index in [1.165, 1.54) is 32.3 Å². The van der Waals surface area contributed by atoms with Gasteiger partial charge in [-0.1, -0.05) is 42.5 Å². The van der Waals surface area contributed by atoms with Crippen LogP contribution < -0.4 is 5.22 Å². The quantitative estimate of drug-likeness (QED) is 0.576. The van der Waals surface area contributed by atoms with E-state index >= 15 is 0 Å². The van der Waals surface area contributed by atoms with Crippen LogP contribution in [-0.4, -0.2) is 22.8 Å². The first kappa shape index (κ1) is 11.9. The van der Waals surface area contributed by atoms with Crippen molar-refractivity contribution in [2.75, 3.05) is 0 Å². The summed E-state index contributed by atoms with van der Waals surface area (Å²) in [6, 6.07) is 13.0. The van der Waals surface area contributed by atoms with E-state index in [9.17, 15) is 4.32 Å². The summed E-state index contributed by atoms with van der Waals surface area (Å²) in [4.78, 5) is 1.85. The van der Waals surface area contributed by atoms with Crippen LogP contribution in [0.4, 0.5) is 10.0 Å². The summed E-state index contributed by atoms with van der Waals surface area (Å²) < 4.78 is 16.8. The van der Waals surface area contributed by atoms with Gasteiger partial charge < -0.3 is 4.81 Å². The molecule has 0 amide bonds. The highest BCUT2D eigenvalue weighted by Gasteiger charge is 2.54. The summed E-state index contributed by atoms with van der Waals surface area (Å²) in [6.07, 6.45) is 8.82. The fraction of sp³-hybridized carbons (Fsp3) is 0.105. The van der Waals surface area contributed by atoms with Gasteiger partial charge in [-0.25, -0.2) is 8.80 Å². The van der Waals surface area contributed by atoms with E-state index in [0.29, 0.717) is 0 Å².